The molecule has 37 heavy (non-hydrogen) atoms. The molecule has 1 aromatic heterocycles. The average molecular weight is 535 g/mol. The average Bonchev–Trinajstić information content (AvgIpc) is 3.21. The number of amides is 1. The molecule has 1 aliphatic carbocycles. The first-order valence-corrected chi connectivity index (χ1v) is 11.7. The van der Waals surface area contributed by atoms with Crippen LogP contribution >= 0.6 is 11.6 Å². The fourth-order valence-electron chi connectivity index (χ4n) is 5.61. The Morgan fingerprint density at radius 2 is 1.78 bits per heavy atom. The van der Waals surface area contributed by atoms with Crippen LogP contribution in [0.2, 0.25) is 5.02 Å². The van der Waals surface area contributed by atoms with E-state index in [9.17, 15) is 28.2 Å². The maximum absolute atomic E-state index is 13.5. The van der Waals surface area contributed by atoms with Crippen molar-refractivity contribution in [3.05, 3.63) is 88.7 Å². The van der Waals surface area contributed by atoms with Crippen molar-refractivity contribution in [3.8, 4) is 11.5 Å². The van der Waals surface area contributed by atoms with E-state index in [4.69, 9.17) is 16.3 Å². The lowest BCUT2D eigenvalue weighted by Gasteiger charge is -2.40. The number of benzene rings is 2. The minimum Gasteiger partial charge on any atom is -0.476 e. The van der Waals surface area contributed by atoms with Crippen molar-refractivity contribution in [2.45, 2.75) is 29.6 Å². The van der Waals surface area contributed by atoms with Gasteiger partial charge in [-0.3, -0.25) is 9.78 Å². The van der Waals surface area contributed by atoms with E-state index in [1.54, 1.807) is 30.3 Å². The number of hydrogen-bond acceptors (Lipinski definition) is 6. The Balaban J connectivity index is 1.79. The van der Waals surface area contributed by atoms with E-state index in [0.29, 0.717) is 5.56 Å². The van der Waals surface area contributed by atoms with Crippen LogP contribution in [0.4, 0.5) is 13.2 Å². The van der Waals surface area contributed by atoms with Crippen molar-refractivity contribution in [2.24, 2.45) is 5.92 Å². The van der Waals surface area contributed by atoms with E-state index in [2.05, 4.69) is 9.72 Å². The predicted octanol–water partition coefficient (Wildman–Crippen LogP) is 3.97. The highest BCUT2D eigenvalue weighted by Crippen LogP contribution is 2.68. The van der Waals surface area contributed by atoms with Gasteiger partial charge in [-0.05, 0) is 23.3 Å². The molecule has 194 valence electrons. The Labute approximate surface area is 215 Å². The molecule has 2 N–H and O–H groups in total. The predicted molar refractivity (Wildman–Crippen MR) is 126 cm³/mol. The maximum Gasteiger partial charge on any atom is 0.573 e. The summed E-state index contributed by atoms with van der Waals surface area (Å²) in [4.78, 5) is 19.0. The summed E-state index contributed by atoms with van der Waals surface area (Å²) >= 11 is 6.14. The van der Waals surface area contributed by atoms with Gasteiger partial charge in [0.25, 0.3) is 0 Å². The molecule has 1 saturated carbocycles. The first kappa shape index (κ1) is 25.3. The topological polar surface area (TPSA) is 92.1 Å². The molecule has 1 aliphatic heterocycles. The number of fused-ring (bicyclic) bond motifs is 3. The number of carbonyl (C=O) groups excluding carboxylic acids is 1. The molecule has 1 amide bonds. The van der Waals surface area contributed by atoms with Gasteiger partial charge in [-0.1, -0.05) is 54.1 Å². The molecule has 1 fully saturated rings. The molecule has 7 nitrogen and oxygen atoms in total. The molecular weight excluding hydrogens is 513 g/mol. The minimum atomic E-state index is -4.90. The van der Waals surface area contributed by atoms with Crippen LogP contribution in [0.1, 0.15) is 22.7 Å². The van der Waals surface area contributed by atoms with Crippen molar-refractivity contribution in [1.29, 1.82) is 0 Å². The summed E-state index contributed by atoms with van der Waals surface area (Å²) in [7, 11) is 3.05. The Morgan fingerprint density at radius 1 is 1.14 bits per heavy atom. The van der Waals surface area contributed by atoms with Gasteiger partial charge in [-0.25, -0.2) is 0 Å². The largest absolute Gasteiger partial charge is 0.573 e. The van der Waals surface area contributed by atoms with Crippen LogP contribution in [-0.4, -0.2) is 52.6 Å². The van der Waals surface area contributed by atoms with Gasteiger partial charge in [0, 0.05) is 32.3 Å². The van der Waals surface area contributed by atoms with Crippen LogP contribution in [0.3, 0.4) is 0 Å². The van der Waals surface area contributed by atoms with E-state index in [0.717, 1.165) is 12.1 Å². The fourth-order valence-corrected chi connectivity index (χ4v) is 5.76. The van der Waals surface area contributed by atoms with Gasteiger partial charge in [-0.15, -0.1) is 13.2 Å². The van der Waals surface area contributed by atoms with E-state index >= 15 is 0 Å². The van der Waals surface area contributed by atoms with E-state index < -0.39 is 47.2 Å². The summed E-state index contributed by atoms with van der Waals surface area (Å²) in [5.74, 6) is -3.05. The zero-order valence-corrected chi connectivity index (χ0v) is 20.4. The van der Waals surface area contributed by atoms with E-state index in [1.807, 2.05) is 0 Å². The highest BCUT2D eigenvalue weighted by atomic mass is 35.5. The summed E-state index contributed by atoms with van der Waals surface area (Å²) in [5.41, 5.74) is -3.39. The first-order valence-electron chi connectivity index (χ1n) is 11.3. The smallest absolute Gasteiger partial charge is 0.476 e. The number of hydrogen-bond donors (Lipinski definition) is 2. The Hall–Kier alpha value is -3.34. The molecule has 2 heterocycles. The van der Waals surface area contributed by atoms with Crippen LogP contribution in [-0.2, 0) is 16.0 Å². The van der Waals surface area contributed by atoms with Crippen molar-refractivity contribution in [3.63, 3.8) is 0 Å². The van der Waals surface area contributed by atoms with E-state index in [-0.39, 0.29) is 22.0 Å². The normalized spacial score (nSPS) is 28.3. The number of pyridine rings is 1. The molecule has 0 bridgehead atoms. The number of carbonyl (C=O) groups is 1. The Bertz CT molecular complexity index is 1340. The lowest BCUT2D eigenvalue weighted by Crippen LogP contribution is -2.52. The standard InChI is InChI=1S/C26H22ClF3N2O5/c1-32(2)23(34)19-20(14-6-4-3-5-7-14)25(15-8-10-17(11-9-15)36-26(28,29)30)24(35,22(19)33)21-18(37-25)12-16(27)13-31-21/h3-13,19-20,22,33,35H,1-2H3. The fraction of sp³-hybridized carbons (Fsp3) is 0.308. The van der Waals surface area contributed by atoms with Gasteiger partial charge in [0.2, 0.25) is 5.91 Å². The second-order valence-electron chi connectivity index (χ2n) is 9.27. The third kappa shape index (κ3) is 3.74. The van der Waals surface area contributed by atoms with Gasteiger partial charge in [0.05, 0.1) is 10.9 Å². The van der Waals surface area contributed by atoms with Gasteiger partial charge in [0.15, 0.2) is 11.2 Å². The molecule has 0 spiro atoms. The minimum absolute atomic E-state index is 0.0324. The lowest BCUT2D eigenvalue weighted by atomic mass is 9.71. The number of aliphatic hydroxyl groups is 2. The molecule has 2 aliphatic rings. The highest BCUT2D eigenvalue weighted by molar-refractivity contribution is 6.30. The Kier molecular flexibility index (Phi) is 5.89. The van der Waals surface area contributed by atoms with Crippen LogP contribution in [0, 0.1) is 5.92 Å². The number of halogens is 4. The number of ether oxygens (including phenoxy) is 2. The number of alkyl halides is 3. The second-order valence-corrected chi connectivity index (χ2v) is 9.70. The quantitative estimate of drug-likeness (QED) is 0.526. The molecule has 11 heteroatoms. The maximum atomic E-state index is 13.5. The molecule has 2 aromatic carbocycles. The van der Waals surface area contributed by atoms with Crippen molar-refractivity contribution in [2.75, 3.05) is 14.1 Å². The molecule has 5 atom stereocenters. The van der Waals surface area contributed by atoms with Crippen LogP contribution in [0.15, 0.2) is 66.9 Å². The van der Waals surface area contributed by atoms with Crippen LogP contribution in [0.25, 0.3) is 0 Å². The highest BCUT2D eigenvalue weighted by Gasteiger charge is 2.78. The zero-order valence-electron chi connectivity index (χ0n) is 19.6. The molecule has 5 unspecified atom stereocenters. The molecule has 0 radical (unpaired) electrons. The van der Waals surface area contributed by atoms with Crippen LogP contribution in [0.5, 0.6) is 11.5 Å². The van der Waals surface area contributed by atoms with Gasteiger partial charge >= 0.3 is 6.36 Å². The molecular formula is C26H22ClF3N2O5. The second kappa shape index (κ2) is 8.61. The SMILES string of the molecule is CN(C)C(=O)C1C(O)C2(O)c3ncc(Cl)cc3OC2(c2ccc(OC(F)(F)F)cc2)C1c1ccccc1. The first-order chi connectivity index (χ1) is 17.4. The number of rotatable bonds is 4. The molecule has 5 rings (SSSR count). The summed E-state index contributed by atoms with van der Waals surface area (Å²) in [6, 6.07) is 14.9. The summed E-state index contributed by atoms with van der Waals surface area (Å²) in [6.07, 6.45) is -5.32. The Morgan fingerprint density at radius 3 is 2.38 bits per heavy atom. The van der Waals surface area contributed by atoms with Crippen molar-refractivity contribution < 1.29 is 37.7 Å². The summed E-state index contributed by atoms with van der Waals surface area (Å²) < 4.78 is 48.9. The number of nitrogens with zero attached hydrogens (tertiary/aromatic N) is 2. The van der Waals surface area contributed by atoms with Gasteiger partial charge < -0.3 is 24.6 Å². The molecule has 3 aromatic rings. The zero-order chi connectivity index (χ0) is 26.8. The third-order valence-corrected chi connectivity index (χ3v) is 7.19. The van der Waals surface area contributed by atoms with Crippen molar-refractivity contribution >= 4 is 17.5 Å². The van der Waals surface area contributed by atoms with Crippen molar-refractivity contribution in [1.82, 2.24) is 9.88 Å². The van der Waals surface area contributed by atoms with E-state index in [1.165, 1.54) is 43.4 Å². The lowest BCUT2D eigenvalue weighted by molar-refractivity contribution is -0.274. The monoisotopic (exact) mass is 534 g/mol. The third-order valence-electron chi connectivity index (χ3n) is 6.98. The molecule has 0 saturated heterocycles. The number of aromatic nitrogens is 1. The van der Waals surface area contributed by atoms with Gasteiger partial charge in [0.1, 0.15) is 23.3 Å². The number of aliphatic hydroxyl groups excluding tert-OH is 1. The summed E-state index contributed by atoms with van der Waals surface area (Å²) in [5, 5.41) is 24.3. The van der Waals surface area contributed by atoms with Crippen LogP contribution < -0.4 is 9.47 Å². The van der Waals surface area contributed by atoms with Gasteiger partial charge in [-0.2, -0.15) is 0 Å². The summed E-state index contributed by atoms with van der Waals surface area (Å²) in [6.45, 7) is 0.